The Morgan fingerprint density at radius 3 is 2.50 bits per heavy atom. The molecule has 2 fully saturated rings. The number of nitrogens with zero attached hydrogens (tertiary/aromatic N) is 3. The molecule has 0 aromatic carbocycles. The van der Waals surface area contributed by atoms with E-state index in [9.17, 15) is 4.79 Å². The second-order valence-electron chi connectivity index (χ2n) is 5.65. The molecule has 2 saturated heterocycles. The fraction of sp³-hybridized carbons (Fsp3) is 0.923. The third-order valence-corrected chi connectivity index (χ3v) is 4.26. The zero-order valence-corrected chi connectivity index (χ0v) is 11.9. The van der Waals surface area contributed by atoms with Crippen molar-refractivity contribution in [3.63, 3.8) is 0 Å². The quantitative estimate of drug-likeness (QED) is 0.733. The Bertz CT molecular complexity index is 289. The second-order valence-corrected chi connectivity index (χ2v) is 5.65. The average Bonchev–Trinajstić information content (AvgIpc) is 2.88. The Morgan fingerprint density at radius 1 is 1.28 bits per heavy atom. The van der Waals surface area contributed by atoms with Gasteiger partial charge < -0.3 is 15.1 Å². The Labute approximate surface area is 110 Å². The van der Waals surface area contributed by atoms with E-state index in [1.165, 1.54) is 6.42 Å². The number of carbonyl (C=O) groups is 1. The van der Waals surface area contributed by atoms with Gasteiger partial charge in [-0.3, -0.25) is 9.69 Å². The van der Waals surface area contributed by atoms with Crippen molar-refractivity contribution in [1.29, 1.82) is 0 Å². The fourth-order valence-corrected chi connectivity index (χ4v) is 2.85. The molecule has 5 nitrogen and oxygen atoms in total. The van der Waals surface area contributed by atoms with Gasteiger partial charge in [0.15, 0.2) is 0 Å². The molecule has 2 atom stereocenters. The summed E-state index contributed by atoms with van der Waals surface area (Å²) >= 11 is 0. The highest BCUT2D eigenvalue weighted by Crippen LogP contribution is 2.17. The monoisotopic (exact) mass is 254 g/mol. The molecule has 1 amide bonds. The molecule has 0 radical (unpaired) electrons. The predicted molar refractivity (Wildman–Crippen MR) is 72.6 cm³/mol. The van der Waals surface area contributed by atoms with Crippen LogP contribution in [0.15, 0.2) is 0 Å². The summed E-state index contributed by atoms with van der Waals surface area (Å²) in [6.07, 6.45) is 1.17. The van der Waals surface area contributed by atoms with Crippen LogP contribution in [0.5, 0.6) is 0 Å². The summed E-state index contributed by atoms with van der Waals surface area (Å²) in [5.41, 5.74) is 0. The van der Waals surface area contributed by atoms with Gasteiger partial charge in [0, 0.05) is 45.3 Å². The molecule has 2 aliphatic rings. The molecule has 2 rings (SSSR count). The Balaban J connectivity index is 1.87. The minimum atomic E-state index is 0.0352. The summed E-state index contributed by atoms with van der Waals surface area (Å²) in [7, 11) is 4.24. The number of likely N-dealkylation sites (N-methyl/N-ethyl adjacent to an activating group) is 1. The molecule has 0 aromatic heterocycles. The number of rotatable bonds is 3. The van der Waals surface area contributed by atoms with Crippen LogP contribution in [-0.4, -0.2) is 86.1 Å². The number of likely N-dealkylation sites (tertiary alicyclic amines) is 1. The summed E-state index contributed by atoms with van der Waals surface area (Å²) in [6, 6.07) is 0.635. The van der Waals surface area contributed by atoms with E-state index in [0.29, 0.717) is 11.9 Å². The topological polar surface area (TPSA) is 38.8 Å². The first-order valence-corrected chi connectivity index (χ1v) is 6.99. The fourth-order valence-electron chi connectivity index (χ4n) is 2.85. The van der Waals surface area contributed by atoms with Crippen molar-refractivity contribution in [3.05, 3.63) is 0 Å². The summed E-state index contributed by atoms with van der Waals surface area (Å²) in [4.78, 5) is 19.0. The molecule has 2 heterocycles. The van der Waals surface area contributed by atoms with Gasteiger partial charge in [0.1, 0.15) is 0 Å². The van der Waals surface area contributed by atoms with Gasteiger partial charge in [0.2, 0.25) is 5.91 Å². The molecule has 2 aliphatic heterocycles. The van der Waals surface area contributed by atoms with Crippen LogP contribution in [0.3, 0.4) is 0 Å². The third-order valence-electron chi connectivity index (χ3n) is 4.26. The van der Waals surface area contributed by atoms with E-state index in [4.69, 9.17) is 0 Å². The van der Waals surface area contributed by atoms with Crippen LogP contribution in [0.4, 0.5) is 0 Å². The Hall–Kier alpha value is -0.650. The number of hydrogen-bond acceptors (Lipinski definition) is 4. The van der Waals surface area contributed by atoms with Crippen molar-refractivity contribution in [2.75, 3.05) is 53.4 Å². The molecular weight excluding hydrogens is 228 g/mol. The molecule has 0 aliphatic carbocycles. The first-order valence-electron chi connectivity index (χ1n) is 6.99. The lowest BCUT2D eigenvalue weighted by Crippen LogP contribution is -2.53. The van der Waals surface area contributed by atoms with E-state index in [1.54, 1.807) is 0 Å². The normalized spacial score (nSPS) is 27.8. The van der Waals surface area contributed by atoms with E-state index in [1.807, 2.05) is 4.90 Å². The van der Waals surface area contributed by atoms with Crippen molar-refractivity contribution >= 4 is 5.91 Å². The molecule has 0 saturated carbocycles. The number of piperazine rings is 1. The SMILES string of the molecule is CC(C(=O)N1CCNCC1)N1CCC(N(C)C)C1. The maximum absolute atomic E-state index is 12.4. The lowest BCUT2D eigenvalue weighted by atomic mass is 10.2. The van der Waals surface area contributed by atoms with Gasteiger partial charge in [0.05, 0.1) is 6.04 Å². The molecule has 18 heavy (non-hydrogen) atoms. The van der Waals surface area contributed by atoms with Crippen LogP contribution in [0.2, 0.25) is 0 Å². The van der Waals surface area contributed by atoms with Gasteiger partial charge in [-0.15, -0.1) is 0 Å². The van der Waals surface area contributed by atoms with Gasteiger partial charge in [-0.05, 0) is 27.4 Å². The molecule has 5 heteroatoms. The average molecular weight is 254 g/mol. The maximum atomic E-state index is 12.4. The van der Waals surface area contributed by atoms with Gasteiger partial charge in [-0.1, -0.05) is 0 Å². The zero-order valence-electron chi connectivity index (χ0n) is 11.9. The van der Waals surface area contributed by atoms with Crippen molar-refractivity contribution in [2.24, 2.45) is 0 Å². The first-order chi connectivity index (χ1) is 8.59. The first kappa shape index (κ1) is 13.8. The zero-order chi connectivity index (χ0) is 13.1. The highest BCUT2D eigenvalue weighted by molar-refractivity contribution is 5.81. The van der Waals surface area contributed by atoms with Crippen molar-refractivity contribution < 1.29 is 4.79 Å². The van der Waals surface area contributed by atoms with Gasteiger partial charge >= 0.3 is 0 Å². The van der Waals surface area contributed by atoms with Crippen LogP contribution >= 0.6 is 0 Å². The molecule has 1 N–H and O–H groups in total. The molecule has 104 valence electrons. The Kier molecular flexibility index (Phi) is 4.59. The van der Waals surface area contributed by atoms with Crippen LogP contribution < -0.4 is 5.32 Å². The molecule has 0 bridgehead atoms. The summed E-state index contributed by atoms with van der Waals surface area (Å²) < 4.78 is 0. The molecule has 2 unspecified atom stereocenters. The van der Waals surface area contributed by atoms with Crippen LogP contribution in [0.25, 0.3) is 0 Å². The van der Waals surface area contributed by atoms with Gasteiger partial charge in [0.25, 0.3) is 0 Å². The third kappa shape index (κ3) is 3.02. The van der Waals surface area contributed by atoms with E-state index in [0.717, 1.165) is 39.3 Å². The van der Waals surface area contributed by atoms with Crippen LogP contribution in [-0.2, 0) is 4.79 Å². The highest BCUT2D eigenvalue weighted by Gasteiger charge is 2.32. The van der Waals surface area contributed by atoms with E-state index >= 15 is 0 Å². The predicted octanol–water partition coefficient (Wildman–Crippen LogP) is -0.557. The lowest BCUT2D eigenvalue weighted by molar-refractivity contribution is -0.136. The number of hydrogen-bond donors (Lipinski definition) is 1. The number of carbonyl (C=O) groups excluding carboxylic acids is 1. The smallest absolute Gasteiger partial charge is 0.239 e. The largest absolute Gasteiger partial charge is 0.339 e. The van der Waals surface area contributed by atoms with Gasteiger partial charge in [-0.25, -0.2) is 0 Å². The number of nitrogens with one attached hydrogen (secondary N) is 1. The van der Waals surface area contributed by atoms with Crippen molar-refractivity contribution in [2.45, 2.75) is 25.4 Å². The van der Waals surface area contributed by atoms with E-state index < -0.39 is 0 Å². The van der Waals surface area contributed by atoms with Crippen molar-refractivity contribution in [3.8, 4) is 0 Å². The van der Waals surface area contributed by atoms with Crippen LogP contribution in [0, 0.1) is 0 Å². The minimum absolute atomic E-state index is 0.0352. The number of amides is 1. The van der Waals surface area contributed by atoms with Gasteiger partial charge in [-0.2, -0.15) is 0 Å². The molecule has 0 aromatic rings. The molecule has 0 spiro atoms. The second kappa shape index (κ2) is 5.99. The summed E-state index contributed by atoms with van der Waals surface area (Å²) in [5.74, 6) is 0.302. The standard InChI is InChI=1S/C13H26N4O/c1-11(13(18)16-8-5-14-6-9-16)17-7-4-12(10-17)15(2)3/h11-12,14H,4-10H2,1-3H3. The lowest BCUT2D eigenvalue weighted by Gasteiger charge is -2.33. The van der Waals surface area contributed by atoms with Crippen LogP contribution in [0.1, 0.15) is 13.3 Å². The summed E-state index contributed by atoms with van der Waals surface area (Å²) in [5, 5.41) is 3.29. The minimum Gasteiger partial charge on any atom is -0.339 e. The summed E-state index contributed by atoms with van der Waals surface area (Å²) in [6.45, 7) is 7.69. The highest BCUT2D eigenvalue weighted by atomic mass is 16.2. The Morgan fingerprint density at radius 2 is 1.94 bits per heavy atom. The van der Waals surface area contributed by atoms with E-state index in [-0.39, 0.29) is 6.04 Å². The molecular formula is C13H26N4O. The van der Waals surface area contributed by atoms with Crippen molar-refractivity contribution in [1.82, 2.24) is 20.0 Å². The maximum Gasteiger partial charge on any atom is 0.239 e. The van der Waals surface area contributed by atoms with E-state index in [2.05, 4.69) is 36.1 Å².